The highest BCUT2D eigenvalue weighted by Gasteiger charge is 2.07. The van der Waals surface area contributed by atoms with Gasteiger partial charge in [-0.25, -0.2) is 0 Å². The molecule has 1 unspecified atom stereocenters. The lowest BCUT2D eigenvalue weighted by Gasteiger charge is -2.10. The van der Waals surface area contributed by atoms with E-state index in [1.54, 1.807) is 11.3 Å². The number of hydrogen-bond acceptors (Lipinski definition) is 2. The van der Waals surface area contributed by atoms with E-state index in [-0.39, 0.29) is 0 Å². The predicted octanol–water partition coefficient (Wildman–Crippen LogP) is 4.35. The van der Waals surface area contributed by atoms with Crippen LogP contribution in [0, 0.1) is 0 Å². The van der Waals surface area contributed by atoms with Crippen LogP contribution in [0.5, 0.6) is 0 Å². The molecular formula is C12H20BrNS. The van der Waals surface area contributed by atoms with Crippen molar-refractivity contribution in [3.05, 3.63) is 20.8 Å². The normalized spacial score (nSPS) is 13.0. The summed E-state index contributed by atoms with van der Waals surface area (Å²) in [5.74, 6) is 0. The largest absolute Gasteiger partial charge is 0.327 e. The topological polar surface area (TPSA) is 26.0 Å². The first-order valence-electron chi connectivity index (χ1n) is 5.71. The minimum Gasteiger partial charge on any atom is -0.327 e. The first-order chi connectivity index (χ1) is 7.24. The molecule has 0 radical (unpaired) electrons. The van der Waals surface area contributed by atoms with Crippen LogP contribution in [0.3, 0.4) is 0 Å². The van der Waals surface area contributed by atoms with Crippen molar-refractivity contribution in [1.29, 1.82) is 0 Å². The van der Waals surface area contributed by atoms with E-state index in [0.29, 0.717) is 6.04 Å². The molecule has 0 amide bonds. The summed E-state index contributed by atoms with van der Waals surface area (Å²) in [5.41, 5.74) is 6.10. The number of nitrogens with two attached hydrogens (primary N) is 1. The zero-order valence-electron chi connectivity index (χ0n) is 9.34. The van der Waals surface area contributed by atoms with Crippen LogP contribution in [-0.2, 0) is 6.42 Å². The molecule has 0 saturated heterocycles. The minimum atomic E-state index is 0.330. The maximum Gasteiger partial charge on any atom is 0.0314 e. The maximum atomic E-state index is 6.10. The molecule has 0 fully saturated rings. The molecule has 1 rings (SSSR count). The van der Waals surface area contributed by atoms with Gasteiger partial charge >= 0.3 is 0 Å². The van der Waals surface area contributed by atoms with Crippen LogP contribution in [0.1, 0.15) is 43.9 Å². The second-order valence-corrected chi connectivity index (χ2v) is 5.86. The third kappa shape index (κ3) is 5.14. The standard InChI is InChI=1S/C12H20BrNS/c1-2-3-4-5-6-10(14)9-12-11(13)7-8-15-12/h7-8,10H,2-6,9,14H2,1H3. The smallest absolute Gasteiger partial charge is 0.0314 e. The Morgan fingerprint density at radius 3 is 2.80 bits per heavy atom. The second-order valence-electron chi connectivity index (χ2n) is 4.01. The van der Waals surface area contributed by atoms with Gasteiger partial charge in [0.2, 0.25) is 0 Å². The first-order valence-corrected chi connectivity index (χ1v) is 7.38. The molecule has 15 heavy (non-hydrogen) atoms. The molecule has 0 bridgehead atoms. The Labute approximate surface area is 105 Å². The average Bonchev–Trinajstić information content (AvgIpc) is 2.59. The van der Waals surface area contributed by atoms with Gasteiger partial charge in [-0.3, -0.25) is 0 Å². The van der Waals surface area contributed by atoms with Gasteiger partial charge in [0, 0.05) is 15.4 Å². The summed E-state index contributed by atoms with van der Waals surface area (Å²) in [7, 11) is 0. The summed E-state index contributed by atoms with van der Waals surface area (Å²) in [6.07, 6.45) is 7.42. The molecule has 1 aromatic heterocycles. The summed E-state index contributed by atoms with van der Waals surface area (Å²) in [4.78, 5) is 1.39. The zero-order chi connectivity index (χ0) is 11.1. The van der Waals surface area contributed by atoms with Gasteiger partial charge in [-0.1, -0.05) is 32.6 Å². The van der Waals surface area contributed by atoms with E-state index in [4.69, 9.17) is 5.73 Å². The van der Waals surface area contributed by atoms with Gasteiger partial charge in [0.1, 0.15) is 0 Å². The quantitative estimate of drug-likeness (QED) is 0.742. The van der Waals surface area contributed by atoms with E-state index in [1.807, 2.05) is 0 Å². The first kappa shape index (κ1) is 13.2. The van der Waals surface area contributed by atoms with Crippen molar-refractivity contribution in [2.75, 3.05) is 0 Å². The summed E-state index contributed by atoms with van der Waals surface area (Å²) < 4.78 is 1.22. The molecule has 0 aliphatic heterocycles. The van der Waals surface area contributed by atoms with Crippen molar-refractivity contribution < 1.29 is 0 Å². The van der Waals surface area contributed by atoms with Gasteiger partial charge in [-0.05, 0) is 40.2 Å². The van der Waals surface area contributed by atoms with Crippen molar-refractivity contribution in [1.82, 2.24) is 0 Å². The molecule has 3 heteroatoms. The number of rotatable bonds is 7. The van der Waals surface area contributed by atoms with Gasteiger partial charge in [-0.15, -0.1) is 11.3 Å². The molecule has 1 atom stereocenters. The second kappa shape index (κ2) is 7.42. The van der Waals surface area contributed by atoms with Crippen LogP contribution in [0.15, 0.2) is 15.9 Å². The lowest BCUT2D eigenvalue weighted by Crippen LogP contribution is -2.22. The number of unbranched alkanes of at least 4 members (excludes halogenated alkanes) is 3. The Morgan fingerprint density at radius 2 is 2.20 bits per heavy atom. The third-order valence-electron chi connectivity index (χ3n) is 2.57. The molecule has 1 nitrogen and oxygen atoms in total. The van der Waals surface area contributed by atoms with Crippen molar-refractivity contribution in [2.24, 2.45) is 5.73 Å². The fourth-order valence-electron chi connectivity index (χ4n) is 1.64. The van der Waals surface area contributed by atoms with Crippen molar-refractivity contribution in [3.63, 3.8) is 0 Å². The molecular weight excluding hydrogens is 270 g/mol. The molecule has 0 aromatic carbocycles. The highest BCUT2D eigenvalue weighted by molar-refractivity contribution is 9.10. The van der Waals surface area contributed by atoms with Crippen LogP contribution in [0.2, 0.25) is 0 Å². The summed E-state index contributed by atoms with van der Waals surface area (Å²) >= 11 is 5.34. The number of hydrogen-bond donors (Lipinski definition) is 1. The molecule has 0 aliphatic carbocycles. The van der Waals surface area contributed by atoms with Gasteiger partial charge < -0.3 is 5.73 Å². The molecule has 86 valence electrons. The molecule has 0 saturated carbocycles. The lowest BCUT2D eigenvalue weighted by atomic mass is 10.0. The number of thiophene rings is 1. The Bertz CT molecular complexity index is 272. The predicted molar refractivity (Wildman–Crippen MR) is 72.5 cm³/mol. The minimum absolute atomic E-state index is 0.330. The molecule has 1 heterocycles. The van der Waals surface area contributed by atoms with E-state index < -0.39 is 0 Å². The third-order valence-corrected chi connectivity index (χ3v) is 4.52. The summed E-state index contributed by atoms with van der Waals surface area (Å²) in [6, 6.07) is 2.43. The highest BCUT2D eigenvalue weighted by Crippen LogP contribution is 2.24. The Balaban J connectivity index is 2.18. The monoisotopic (exact) mass is 289 g/mol. The van der Waals surface area contributed by atoms with Crippen LogP contribution in [0.25, 0.3) is 0 Å². The van der Waals surface area contributed by atoms with Crippen molar-refractivity contribution in [3.8, 4) is 0 Å². The van der Waals surface area contributed by atoms with Crippen LogP contribution >= 0.6 is 27.3 Å². The highest BCUT2D eigenvalue weighted by atomic mass is 79.9. The van der Waals surface area contributed by atoms with E-state index in [0.717, 1.165) is 12.8 Å². The molecule has 0 aliphatic rings. The van der Waals surface area contributed by atoms with E-state index in [9.17, 15) is 0 Å². The number of halogens is 1. The average molecular weight is 290 g/mol. The maximum absolute atomic E-state index is 6.10. The summed E-state index contributed by atoms with van der Waals surface area (Å²) in [5, 5.41) is 2.11. The van der Waals surface area contributed by atoms with Gasteiger partial charge in [0.05, 0.1) is 0 Å². The Hall–Kier alpha value is 0.140. The summed E-state index contributed by atoms with van der Waals surface area (Å²) in [6.45, 7) is 2.24. The SMILES string of the molecule is CCCCCCC(N)Cc1sccc1Br. The fraction of sp³-hybridized carbons (Fsp3) is 0.667. The van der Waals surface area contributed by atoms with E-state index >= 15 is 0 Å². The fourth-order valence-corrected chi connectivity index (χ4v) is 3.25. The van der Waals surface area contributed by atoms with Crippen LogP contribution in [0.4, 0.5) is 0 Å². The lowest BCUT2D eigenvalue weighted by molar-refractivity contribution is 0.548. The van der Waals surface area contributed by atoms with Crippen molar-refractivity contribution >= 4 is 27.3 Å². The molecule has 0 spiro atoms. The van der Waals surface area contributed by atoms with Gasteiger partial charge in [0.25, 0.3) is 0 Å². The van der Waals surface area contributed by atoms with E-state index in [1.165, 1.54) is 35.0 Å². The molecule has 2 N–H and O–H groups in total. The van der Waals surface area contributed by atoms with Gasteiger partial charge in [0.15, 0.2) is 0 Å². The van der Waals surface area contributed by atoms with Gasteiger partial charge in [-0.2, -0.15) is 0 Å². The zero-order valence-corrected chi connectivity index (χ0v) is 11.7. The van der Waals surface area contributed by atoms with E-state index in [2.05, 4.69) is 34.3 Å². The van der Waals surface area contributed by atoms with Crippen LogP contribution < -0.4 is 5.73 Å². The van der Waals surface area contributed by atoms with Crippen LogP contribution in [-0.4, -0.2) is 6.04 Å². The van der Waals surface area contributed by atoms with Crippen molar-refractivity contribution in [2.45, 2.75) is 51.5 Å². The Morgan fingerprint density at radius 1 is 1.40 bits per heavy atom. The Kier molecular flexibility index (Phi) is 6.53. The molecule has 1 aromatic rings.